The maximum Gasteiger partial charge on any atom is 0.248 e. The molecule has 124 valence electrons. The summed E-state index contributed by atoms with van der Waals surface area (Å²) in [5.74, 6) is 0.198. The van der Waals surface area contributed by atoms with Gasteiger partial charge in [-0.15, -0.1) is 0 Å². The molecule has 7 heteroatoms. The van der Waals surface area contributed by atoms with Gasteiger partial charge in [0, 0.05) is 18.2 Å². The fourth-order valence-corrected chi connectivity index (χ4v) is 6.95. The second-order valence-electron chi connectivity index (χ2n) is 5.95. The molecule has 0 unspecified atom stereocenters. The van der Waals surface area contributed by atoms with Crippen LogP contribution in [0.2, 0.25) is 0 Å². The van der Waals surface area contributed by atoms with Gasteiger partial charge in [0.25, 0.3) is 0 Å². The van der Waals surface area contributed by atoms with E-state index in [2.05, 4.69) is 4.99 Å². The lowest BCUT2D eigenvalue weighted by Gasteiger charge is -2.24. The van der Waals surface area contributed by atoms with E-state index in [1.165, 1.54) is 11.8 Å². The Kier molecular flexibility index (Phi) is 4.77. The Bertz CT molecular complexity index is 716. The van der Waals surface area contributed by atoms with E-state index < -0.39 is 9.84 Å². The fraction of sp³-hybridized carbons (Fsp3) is 0.500. The van der Waals surface area contributed by atoms with Crippen molar-refractivity contribution in [1.29, 1.82) is 0 Å². The summed E-state index contributed by atoms with van der Waals surface area (Å²) >= 11 is 1.44. The Morgan fingerprint density at radius 1 is 1.30 bits per heavy atom. The van der Waals surface area contributed by atoms with Crippen LogP contribution in [-0.2, 0) is 21.2 Å². The van der Waals surface area contributed by atoms with E-state index in [9.17, 15) is 13.2 Å². The molecule has 2 heterocycles. The summed E-state index contributed by atoms with van der Waals surface area (Å²) in [6, 6.07) is 9.80. The number of carbonyl (C=O) groups excluding carboxylic acids is 1. The van der Waals surface area contributed by atoms with Crippen molar-refractivity contribution in [2.75, 3.05) is 11.5 Å². The Morgan fingerprint density at radius 3 is 2.74 bits per heavy atom. The number of amidine groups is 1. The highest BCUT2D eigenvalue weighted by molar-refractivity contribution is 8.15. The van der Waals surface area contributed by atoms with Gasteiger partial charge in [-0.05, 0) is 12.0 Å². The monoisotopic (exact) mass is 352 g/mol. The molecule has 2 fully saturated rings. The molecule has 1 aromatic carbocycles. The standard InChI is InChI=1S/C16H20N2O3S2/c1-2-6-15(19)17-16-18(9-12-7-4-3-5-8-12)13-10-23(20,21)11-14(13)22-16/h3-5,7-8,13-14H,2,6,9-11H2,1H3/t13-,14-/m1/s1. The molecule has 0 aromatic heterocycles. The zero-order chi connectivity index (χ0) is 16.4. The summed E-state index contributed by atoms with van der Waals surface area (Å²) in [6.45, 7) is 2.53. The van der Waals surface area contributed by atoms with Gasteiger partial charge < -0.3 is 4.90 Å². The minimum absolute atomic E-state index is 0.0168. The smallest absolute Gasteiger partial charge is 0.248 e. The second-order valence-corrected chi connectivity index (χ2v) is 9.31. The Hall–Kier alpha value is -1.34. The van der Waals surface area contributed by atoms with Crippen molar-refractivity contribution in [3.8, 4) is 0 Å². The summed E-state index contributed by atoms with van der Waals surface area (Å²) < 4.78 is 23.9. The lowest BCUT2D eigenvalue weighted by atomic mass is 10.1. The highest BCUT2D eigenvalue weighted by Crippen LogP contribution is 2.39. The highest BCUT2D eigenvalue weighted by atomic mass is 32.2. The van der Waals surface area contributed by atoms with Gasteiger partial charge in [-0.3, -0.25) is 4.79 Å². The molecule has 2 aliphatic heterocycles. The maximum absolute atomic E-state index is 11.9. The van der Waals surface area contributed by atoms with E-state index in [1.807, 2.05) is 42.2 Å². The zero-order valence-electron chi connectivity index (χ0n) is 13.0. The van der Waals surface area contributed by atoms with Crippen molar-refractivity contribution >= 4 is 32.7 Å². The van der Waals surface area contributed by atoms with Crippen molar-refractivity contribution in [2.24, 2.45) is 4.99 Å². The fourth-order valence-electron chi connectivity index (χ4n) is 2.98. The van der Waals surface area contributed by atoms with Gasteiger partial charge in [0.05, 0.1) is 17.5 Å². The molecular formula is C16H20N2O3S2. The van der Waals surface area contributed by atoms with Crippen LogP contribution in [0.3, 0.4) is 0 Å². The van der Waals surface area contributed by atoms with Gasteiger partial charge in [0.15, 0.2) is 15.0 Å². The molecule has 2 atom stereocenters. The van der Waals surface area contributed by atoms with Crippen molar-refractivity contribution < 1.29 is 13.2 Å². The van der Waals surface area contributed by atoms with E-state index in [0.717, 1.165) is 12.0 Å². The largest absolute Gasteiger partial charge is 0.342 e. The van der Waals surface area contributed by atoms with E-state index >= 15 is 0 Å². The number of thioether (sulfide) groups is 1. The molecule has 5 nitrogen and oxygen atoms in total. The number of amides is 1. The third kappa shape index (κ3) is 3.77. The van der Waals surface area contributed by atoms with Gasteiger partial charge in [-0.2, -0.15) is 4.99 Å². The Labute approximate surface area is 141 Å². The van der Waals surface area contributed by atoms with Crippen LogP contribution in [0.5, 0.6) is 0 Å². The minimum Gasteiger partial charge on any atom is -0.342 e. The maximum atomic E-state index is 11.9. The first-order valence-electron chi connectivity index (χ1n) is 7.77. The van der Waals surface area contributed by atoms with Crippen LogP contribution in [-0.4, -0.2) is 47.2 Å². The molecule has 0 bridgehead atoms. The zero-order valence-corrected chi connectivity index (χ0v) is 14.6. The minimum atomic E-state index is -3.00. The molecule has 0 aliphatic carbocycles. The van der Waals surface area contributed by atoms with Gasteiger partial charge in [0.1, 0.15) is 0 Å². The number of benzene rings is 1. The Morgan fingerprint density at radius 2 is 2.04 bits per heavy atom. The number of nitrogens with zero attached hydrogens (tertiary/aromatic N) is 2. The molecule has 0 radical (unpaired) electrons. The van der Waals surface area contributed by atoms with Crippen LogP contribution in [0.15, 0.2) is 35.3 Å². The molecular weight excluding hydrogens is 332 g/mol. The summed E-state index contributed by atoms with van der Waals surface area (Å²) in [5.41, 5.74) is 1.09. The summed E-state index contributed by atoms with van der Waals surface area (Å²) in [4.78, 5) is 18.1. The predicted octanol–water partition coefficient (Wildman–Crippen LogP) is 2.08. The van der Waals surface area contributed by atoms with Crippen LogP contribution in [0.1, 0.15) is 25.3 Å². The molecule has 1 aromatic rings. The number of sulfone groups is 1. The highest BCUT2D eigenvalue weighted by Gasteiger charge is 2.48. The number of hydrogen-bond donors (Lipinski definition) is 0. The number of carbonyl (C=O) groups is 1. The molecule has 3 rings (SSSR count). The summed E-state index contributed by atoms with van der Waals surface area (Å²) in [5, 5.41) is 0.661. The van der Waals surface area contributed by atoms with Crippen molar-refractivity contribution in [2.45, 2.75) is 37.6 Å². The molecule has 1 amide bonds. The third-order valence-electron chi connectivity index (χ3n) is 4.05. The van der Waals surface area contributed by atoms with E-state index in [1.54, 1.807) is 0 Å². The molecule has 23 heavy (non-hydrogen) atoms. The van der Waals surface area contributed by atoms with E-state index in [4.69, 9.17) is 0 Å². The molecule has 0 spiro atoms. The van der Waals surface area contributed by atoms with Crippen molar-refractivity contribution in [1.82, 2.24) is 4.90 Å². The molecule has 2 saturated heterocycles. The quantitative estimate of drug-likeness (QED) is 0.830. The normalized spacial score (nSPS) is 27.3. The first-order chi connectivity index (χ1) is 11.0. The number of fused-ring (bicyclic) bond motifs is 1. The van der Waals surface area contributed by atoms with Gasteiger partial charge in [-0.25, -0.2) is 8.42 Å². The first kappa shape index (κ1) is 16.5. The van der Waals surface area contributed by atoms with Crippen LogP contribution in [0.25, 0.3) is 0 Å². The van der Waals surface area contributed by atoms with Gasteiger partial charge in [-0.1, -0.05) is 49.0 Å². The molecule has 0 saturated carbocycles. The van der Waals surface area contributed by atoms with Crippen molar-refractivity contribution in [3.63, 3.8) is 0 Å². The van der Waals surface area contributed by atoms with Gasteiger partial charge in [0.2, 0.25) is 5.91 Å². The lowest BCUT2D eigenvalue weighted by Crippen LogP contribution is -2.37. The topological polar surface area (TPSA) is 66.8 Å². The number of hydrogen-bond acceptors (Lipinski definition) is 4. The lowest BCUT2D eigenvalue weighted by molar-refractivity contribution is -0.117. The number of aliphatic imine (C=N–C) groups is 1. The van der Waals surface area contributed by atoms with Crippen LogP contribution >= 0.6 is 11.8 Å². The van der Waals surface area contributed by atoms with Crippen LogP contribution in [0, 0.1) is 0 Å². The van der Waals surface area contributed by atoms with Gasteiger partial charge >= 0.3 is 0 Å². The van der Waals surface area contributed by atoms with E-state index in [-0.39, 0.29) is 28.7 Å². The summed E-state index contributed by atoms with van der Waals surface area (Å²) in [7, 11) is -3.00. The van der Waals surface area contributed by atoms with E-state index in [0.29, 0.717) is 18.1 Å². The average Bonchev–Trinajstić information content (AvgIpc) is 2.94. The first-order valence-corrected chi connectivity index (χ1v) is 10.5. The Balaban J connectivity index is 1.86. The summed E-state index contributed by atoms with van der Waals surface area (Å²) in [6.07, 6.45) is 1.19. The third-order valence-corrected chi connectivity index (χ3v) is 7.30. The SMILES string of the molecule is CCCC(=O)N=C1S[C@@H]2CS(=O)(=O)C[C@H]2N1Cc1ccccc1. The average molecular weight is 352 g/mol. The predicted molar refractivity (Wildman–Crippen MR) is 93.2 cm³/mol. The second kappa shape index (κ2) is 6.65. The molecule has 0 N–H and O–H groups in total. The van der Waals surface area contributed by atoms with Crippen LogP contribution in [0.4, 0.5) is 0 Å². The van der Waals surface area contributed by atoms with Crippen molar-refractivity contribution in [3.05, 3.63) is 35.9 Å². The molecule has 2 aliphatic rings. The number of rotatable bonds is 4. The van der Waals surface area contributed by atoms with Crippen LogP contribution < -0.4 is 0 Å².